The summed E-state index contributed by atoms with van der Waals surface area (Å²) in [7, 11) is 0. The van der Waals surface area contributed by atoms with E-state index in [0.717, 1.165) is 31.5 Å². The molecule has 0 saturated heterocycles. The lowest BCUT2D eigenvalue weighted by Gasteiger charge is -2.11. The summed E-state index contributed by atoms with van der Waals surface area (Å²) in [5.74, 6) is -0.312. The van der Waals surface area contributed by atoms with Crippen LogP contribution in [0.3, 0.4) is 0 Å². The molecule has 132 valence electrons. The van der Waals surface area contributed by atoms with Crippen LogP contribution in [0, 0.1) is 0 Å². The number of carbonyl (C=O) groups excluding carboxylic acids is 1. The smallest absolute Gasteiger partial charge is 0.338 e. The van der Waals surface area contributed by atoms with Crippen LogP contribution in [0.5, 0.6) is 0 Å². The summed E-state index contributed by atoms with van der Waals surface area (Å²) < 4.78 is 4.96. The molecule has 2 rings (SSSR count). The first kappa shape index (κ1) is 18.9. The van der Waals surface area contributed by atoms with Crippen molar-refractivity contribution in [3.63, 3.8) is 0 Å². The molecular formula is C20H24N2O2S. The lowest BCUT2D eigenvalue weighted by Crippen LogP contribution is -2.29. The number of nitrogens with one attached hydrogen (secondary N) is 2. The van der Waals surface area contributed by atoms with Crippen LogP contribution in [-0.4, -0.2) is 24.2 Å². The summed E-state index contributed by atoms with van der Waals surface area (Å²) >= 11 is 5.29. The van der Waals surface area contributed by atoms with Gasteiger partial charge in [0.2, 0.25) is 0 Å². The maximum absolute atomic E-state index is 11.6. The van der Waals surface area contributed by atoms with E-state index in [2.05, 4.69) is 34.9 Å². The molecule has 0 bridgehead atoms. The summed E-state index contributed by atoms with van der Waals surface area (Å²) in [5.41, 5.74) is 2.74. The first-order valence-electron chi connectivity index (χ1n) is 8.55. The van der Waals surface area contributed by atoms with Crippen molar-refractivity contribution >= 4 is 29.0 Å². The molecule has 0 saturated carbocycles. The van der Waals surface area contributed by atoms with E-state index in [4.69, 9.17) is 17.0 Å². The predicted molar refractivity (Wildman–Crippen MR) is 106 cm³/mol. The molecule has 0 amide bonds. The molecule has 2 aromatic rings. The van der Waals surface area contributed by atoms with Crippen LogP contribution >= 0.6 is 12.2 Å². The maximum atomic E-state index is 11.6. The van der Waals surface area contributed by atoms with E-state index in [0.29, 0.717) is 17.3 Å². The SMILES string of the molecule is CCOC(=O)c1ccc(NC(=S)NCCCCc2ccccc2)cc1. The number of thiocarbonyl (C=S) groups is 1. The van der Waals surface area contributed by atoms with E-state index in [1.165, 1.54) is 5.56 Å². The van der Waals surface area contributed by atoms with Gasteiger partial charge in [0.15, 0.2) is 5.11 Å². The number of carbonyl (C=O) groups is 1. The van der Waals surface area contributed by atoms with Gasteiger partial charge in [-0.05, 0) is 68.2 Å². The fraction of sp³-hybridized carbons (Fsp3) is 0.300. The van der Waals surface area contributed by atoms with E-state index in [9.17, 15) is 4.79 Å². The van der Waals surface area contributed by atoms with Crippen LogP contribution < -0.4 is 10.6 Å². The van der Waals surface area contributed by atoms with Gasteiger partial charge in [-0.25, -0.2) is 4.79 Å². The topological polar surface area (TPSA) is 50.4 Å². The zero-order valence-corrected chi connectivity index (χ0v) is 15.3. The van der Waals surface area contributed by atoms with Crippen LogP contribution in [0.25, 0.3) is 0 Å². The normalized spacial score (nSPS) is 10.1. The highest BCUT2D eigenvalue weighted by molar-refractivity contribution is 7.80. The molecule has 2 N–H and O–H groups in total. The predicted octanol–water partition coefficient (Wildman–Crippen LogP) is 4.17. The minimum absolute atomic E-state index is 0.312. The van der Waals surface area contributed by atoms with Crippen molar-refractivity contribution in [1.82, 2.24) is 5.32 Å². The third-order valence-corrected chi connectivity index (χ3v) is 3.92. The fourth-order valence-corrected chi connectivity index (χ4v) is 2.60. The standard InChI is InChI=1S/C20H24N2O2S/c1-2-24-19(23)17-11-13-18(14-12-17)22-20(25)21-15-7-6-10-16-8-4-3-5-9-16/h3-5,8-9,11-14H,2,6-7,10,15H2,1H3,(H2,21,22,25). The Labute approximate surface area is 154 Å². The van der Waals surface area contributed by atoms with Crippen LogP contribution in [0.15, 0.2) is 54.6 Å². The van der Waals surface area contributed by atoms with Gasteiger partial charge in [0.1, 0.15) is 0 Å². The number of rotatable bonds is 8. The molecule has 4 nitrogen and oxygen atoms in total. The first-order valence-corrected chi connectivity index (χ1v) is 8.96. The molecule has 0 aliphatic carbocycles. The third kappa shape index (κ3) is 6.93. The summed E-state index contributed by atoms with van der Waals surface area (Å²) in [6.45, 7) is 2.99. The minimum atomic E-state index is -0.312. The molecule has 0 atom stereocenters. The van der Waals surface area contributed by atoms with Gasteiger partial charge >= 0.3 is 5.97 Å². The fourth-order valence-electron chi connectivity index (χ4n) is 2.38. The monoisotopic (exact) mass is 356 g/mol. The number of benzene rings is 2. The van der Waals surface area contributed by atoms with E-state index in [1.807, 2.05) is 18.2 Å². The molecule has 0 spiro atoms. The molecule has 5 heteroatoms. The second kappa shape index (κ2) is 10.5. The van der Waals surface area contributed by atoms with Gasteiger partial charge in [0, 0.05) is 12.2 Å². The van der Waals surface area contributed by atoms with Gasteiger partial charge in [0.25, 0.3) is 0 Å². The van der Waals surface area contributed by atoms with Gasteiger partial charge in [-0.2, -0.15) is 0 Å². The van der Waals surface area contributed by atoms with Crippen LogP contribution in [0.2, 0.25) is 0 Å². The summed E-state index contributed by atoms with van der Waals surface area (Å²) in [4.78, 5) is 11.6. The highest BCUT2D eigenvalue weighted by Gasteiger charge is 2.06. The van der Waals surface area contributed by atoms with E-state index >= 15 is 0 Å². The molecule has 0 radical (unpaired) electrons. The third-order valence-electron chi connectivity index (χ3n) is 3.67. The van der Waals surface area contributed by atoms with Crippen molar-refractivity contribution in [2.45, 2.75) is 26.2 Å². The zero-order chi connectivity index (χ0) is 17.9. The molecular weight excluding hydrogens is 332 g/mol. The van der Waals surface area contributed by atoms with Gasteiger partial charge in [-0.3, -0.25) is 0 Å². The van der Waals surface area contributed by atoms with Crippen LogP contribution in [0.1, 0.15) is 35.7 Å². The summed E-state index contributed by atoms with van der Waals surface area (Å²) in [6.07, 6.45) is 3.25. The molecule has 0 aliphatic rings. The number of esters is 1. The Kier molecular flexibility index (Phi) is 7.92. The van der Waals surface area contributed by atoms with Gasteiger partial charge in [-0.15, -0.1) is 0 Å². The highest BCUT2D eigenvalue weighted by atomic mass is 32.1. The number of hydrogen-bond donors (Lipinski definition) is 2. The molecule has 0 aliphatic heterocycles. The van der Waals surface area contributed by atoms with Gasteiger partial charge in [0.05, 0.1) is 12.2 Å². The Morgan fingerprint density at radius 3 is 2.44 bits per heavy atom. The molecule has 25 heavy (non-hydrogen) atoms. The summed E-state index contributed by atoms with van der Waals surface area (Å²) in [6, 6.07) is 17.6. The number of anilines is 1. The summed E-state index contributed by atoms with van der Waals surface area (Å²) in [5, 5.41) is 6.91. The molecule has 0 fully saturated rings. The van der Waals surface area contributed by atoms with Crippen LogP contribution in [0.4, 0.5) is 5.69 Å². The quantitative estimate of drug-likeness (QED) is 0.422. The number of ether oxygens (including phenoxy) is 1. The number of unbranched alkanes of at least 4 members (excludes halogenated alkanes) is 1. The Bertz CT molecular complexity index is 672. The van der Waals surface area contributed by atoms with Crippen molar-refractivity contribution in [2.75, 3.05) is 18.5 Å². The van der Waals surface area contributed by atoms with Crippen molar-refractivity contribution in [3.8, 4) is 0 Å². The Hall–Kier alpha value is -2.40. The van der Waals surface area contributed by atoms with Crippen LogP contribution in [-0.2, 0) is 11.2 Å². The van der Waals surface area contributed by atoms with Crippen molar-refractivity contribution in [2.24, 2.45) is 0 Å². The second-order valence-corrected chi connectivity index (χ2v) is 6.03. The maximum Gasteiger partial charge on any atom is 0.338 e. The molecule has 0 unspecified atom stereocenters. The first-order chi connectivity index (χ1) is 12.2. The van der Waals surface area contributed by atoms with Crippen molar-refractivity contribution in [1.29, 1.82) is 0 Å². The Balaban J connectivity index is 1.65. The largest absolute Gasteiger partial charge is 0.462 e. The zero-order valence-electron chi connectivity index (χ0n) is 14.5. The van der Waals surface area contributed by atoms with Gasteiger partial charge < -0.3 is 15.4 Å². The highest BCUT2D eigenvalue weighted by Crippen LogP contribution is 2.10. The molecule has 0 heterocycles. The molecule has 0 aromatic heterocycles. The van der Waals surface area contributed by atoms with Crippen molar-refractivity contribution < 1.29 is 9.53 Å². The van der Waals surface area contributed by atoms with E-state index in [-0.39, 0.29) is 5.97 Å². The Morgan fingerprint density at radius 1 is 1.04 bits per heavy atom. The average Bonchev–Trinajstić information content (AvgIpc) is 2.63. The lowest BCUT2D eigenvalue weighted by molar-refractivity contribution is 0.0526. The Morgan fingerprint density at radius 2 is 1.76 bits per heavy atom. The number of hydrogen-bond acceptors (Lipinski definition) is 3. The lowest BCUT2D eigenvalue weighted by atomic mass is 10.1. The second-order valence-electron chi connectivity index (χ2n) is 5.62. The minimum Gasteiger partial charge on any atom is -0.462 e. The van der Waals surface area contributed by atoms with Crippen molar-refractivity contribution in [3.05, 3.63) is 65.7 Å². The molecule has 2 aromatic carbocycles. The number of aryl methyl sites for hydroxylation is 1. The van der Waals surface area contributed by atoms with Gasteiger partial charge in [-0.1, -0.05) is 30.3 Å². The average molecular weight is 356 g/mol. The van der Waals surface area contributed by atoms with E-state index < -0.39 is 0 Å². The van der Waals surface area contributed by atoms with E-state index in [1.54, 1.807) is 19.1 Å².